The van der Waals surface area contributed by atoms with Crippen LogP contribution in [-0.2, 0) is 6.54 Å². The first-order valence-corrected chi connectivity index (χ1v) is 9.72. The van der Waals surface area contributed by atoms with Crippen LogP contribution in [0.1, 0.15) is 29.0 Å². The van der Waals surface area contributed by atoms with Crippen molar-refractivity contribution in [2.75, 3.05) is 13.1 Å². The maximum atomic E-state index is 13.3. The van der Waals surface area contributed by atoms with Crippen molar-refractivity contribution in [3.05, 3.63) is 53.8 Å². The summed E-state index contributed by atoms with van der Waals surface area (Å²) in [6, 6.07) is 11.6. The maximum Gasteiger partial charge on any atom is 0.405 e. The van der Waals surface area contributed by atoms with Crippen LogP contribution in [0.5, 0.6) is 5.75 Å². The van der Waals surface area contributed by atoms with E-state index in [0.29, 0.717) is 22.3 Å². The van der Waals surface area contributed by atoms with Gasteiger partial charge in [-0.05, 0) is 41.5 Å². The minimum absolute atomic E-state index is 0.0255. The van der Waals surface area contributed by atoms with Crippen LogP contribution in [0, 0.1) is 0 Å². The summed E-state index contributed by atoms with van der Waals surface area (Å²) in [6.07, 6.45) is -1.84. The zero-order valence-electron chi connectivity index (χ0n) is 16.4. The molecule has 0 spiro atoms. The largest absolute Gasteiger partial charge is 0.504 e. The van der Waals surface area contributed by atoms with E-state index >= 15 is 0 Å². The SMILES string of the molecule is O=C(O)NCc1cc2cc(-c3ccc(C(=O)N4CCC(F)(F)CC4)cc3)cc(O)c2o1. The van der Waals surface area contributed by atoms with Crippen LogP contribution in [0.3, 0.4) is 0 Å². The first kappa shape index (κ1) is 20.6. The summed E-state index contributed by atoms with van der Waals surface area (Å²) >= 11 is 0. The van der Waals surface area contributed by atoms with E-state index in [2.05, 4.69) is 5.32 Å². The Morgan fingerprint density at radius 1 is 1.06 bits per heavy atom. The molecule has 2 heterocycles. The molecule has 0 atom stereocenters. The monoisotopic (exact) mass is 430 g/mol. The number of hydrogen-bond donors (Lipinski definition) is 3. The molecular weight excluding hydrogens is 410 g/mol. The molecule has 2 aromatic carbocycles. The second-order valence-corrected chi connectivity index (χ2v) is 7.51. The number of phenolic OH excluding ortho intramolecular Hbond substituents is 1. The first-order valence-electron chi connectivity index (χ1n) is 9.72. The molecule has 1 saturated heterocycles. The molecule has 0 unspecified atom stereocenters. The molecule has 4 rings (SSSR count). The predicted octanol–water partition coefficient (Wildman–Crippen LogP) is 4.44. The smallest absolute Gasteiger partial charge is 0.405 e. The van der Waals surface area contributed by atoms with Gasteiger partial charge in [-0.2, -0.15) is 0 Å². The Kier molecular flexibility index (Phi) is 5.26. The Morgan fingerprint density at radius 3 is 2.39 bits per heavy atom. The molecule has 9 heteroatoms. The molecule has 1 aliphatic heterocycles. The van der Waals surface area contributed by atoms with Gasteiger partial charge >= 0.3 is 6.09 Å². The van der Waals surface area contributed by atoms with Gasteiger partial charge in [-0.1, -0.05) is 12.1 Å². The number of carboxylic acid groups (broad SMARTS) is 1. The van der Waals surface area contributed by atoms with Crippen LogP contribution in [0.2, 0.25) is 0 Å². The predicted molar refractivity (Wildman–Crippen MR) is 108 cm³/mol. The number of piperidine rings is 1. The van der Waals surface area contributed by atoms with Crippen LogP contribution in [0.4, 0.5) is 13.6 Å². The third-order valence-corrected chi connectivity index (χ3v) is 5.31. The lowest BCUT2D eigenvalue weighted by molar-refractivity contribution is -0.0494. The number of aromatic hydroxyl groups is 1. The van der Waals surface area contributed by atoms with E-state index < -0.39 is 12.0 Å². The van der Waals surface area contributed by atoms with E-state index in [1.54, 1.807) is 36.4 Å². The summed E-state index contributed by atoms with van der Waals surface area (Å²) in [6.45, 7) is 0.0212. The molecule has 3 aromatic rings. The zero-order valence-corrected chi connectivity index (χ0v) is 16.4. The summed E-state index contributed by atoms with van der Waals surface area (Å²) in [5.41, 5.74) is 2.08. The molecule has 162 valence electrons. The second kappa shape index (κ2) is 7.90. The molecule has 2 amide bonds. The number of benzene rings is 2. The van der Waals surface area contributed by atoms with E-state index in [4.69, 9.17) is 9.52 Å². The van der Waals surface area contributed by atoms with Gasteiger partial charge in [-0.25, -0.2) is 13.6 Å². The standard InChI is InChI=1S/C22H20F2N2O5/c23-22(24)5-7-26(8-6-22)20(28)14-3-1-13(2-4-14)15-9-16-10-17(12-25-21(29)30)31-19(16)18(27)11-15/h1-4,9-11,25,27H,5-8,12H2,(H,29,30). The summed E-state index contributed by atoms with van der Waals surface area (Å²) < 4.78 is 32.1. The number of rotatable bonds is 4. The number of fused-ring (bicyclic) bond motifs is 1. The highest BCUT2D eigenvalue weighted by Gasteiger charge is 2.35. The van der Waals surface area contributed by atoms with Gasteiger partial charge in [0.15, 0.2) is 11.3 Å². The summed E-state index contributed by atoms with van der Waals surface area (Å²) in [7, 11) is 0. The fraction of sp³-hybridized carbons (Fsp3) is 0.273. The number of hydrogen-bond acceptors (Lipinski definition) is 4. The van der Waals surface area contributed by atoms with Crippen LogP contribution in [-0.4, -0.2) is 46.1 Å². The molecule has 0 saturated carbocycles. The van der Waals surface area contributed by atoms with Crippen molar-refractivity contribution in [2.45, 2.75) is 25.3 Å². The van der Waals surface area contributed by atoms with Gasteiger partial charge in [-0.15, -0.1) is 0 Å². The van der Waals surface area contributed by atoms with Crippen LogP contribution >= 0.6 is 0 Å². The highest BCUT2D eigenvalue weighted by Crippen LogP contribution is 2.34. The molecule has 1 aliphatic rings. The lowest BCUT2D eigenvalue weighted by Crippen LogP contribution is -2.42. The van der Waals surface area contributed by atoms with E-state index in [9.17, 15) is 23.5 Å². The van der Waals surface area contributed by atoms with Crippen molar-refractivity contribution in [2.24, 2.45) is 0 Å². The van der Waals surface area contributed by atoms with Crippen molar-refractivity contribution in [1.82, 2.24) is 10.2 Å². The van der Waals surface area contributed by atoms with Gasteiger partial charge in [0, 0.05) is 36.9 Å². The Bertz CT molecular complexity index is 1130. The number of phenols is 1. The Labute approximate surface area is 175 Å². The number of furan rings is 1. The van der Waals surface area contributed by atoms with Crippen molar-refractivity contribution < 1.29 is 33.0 Å². The normalized spacial score (nSPS) is 15.7. The van der Waals surface area contributed by atoms with Crippen LogP contribution in [0.15, 0.2) is 46.9 Å². The van der Waals surface area contributed by atoms with Gasteiger partial charge in [0.25, 0.3) is 11.8 Å². The summed E-state index contributed by atoms with van der Waals surface area (Å²) in [5, 5.41) is 21.8. The molecule has 3 N–H and O–H groups in total. The highest BCUT2D eigenvalue weighted by molar-refractivity contribution is 5.95. The average molecular weight is 430 g/mol. The topological polar surface area (TPSA) is 103 Å². The van der Waals surface area contributed by atoms with Gasteiger partial charge < -0.3 is 24.8 Å². The quantitative estimate of drug-likeness (QED) is 0.568. The van der Waals surface area contributed by atoms with E-state index in [-0.39, 0.29) is 49.7 Å². The van der Waals surface area contributed by atoms with Crippen molar-refractivity contribution in [3.8, 4) is 16.9 Å². The van der Waals surface area contributed by atoms with Crippen molar-refractivity contribution >= 4 is 23.0 Å². The number of alkyl halides is 2. The Hall–Kier alpha value is -3.62. The number of nitrogens with zero attached hydrogens (tertiary/aromatic N) is 1. The number of likely N-dealkylation sites (tertiary alicyclic amines) is 1. The number of amides is 2. The van der Waals surface area contributed by atoms with Crippen molar-refractivity contribution in [1.29, 1.82) is 0 Å². The second-order valence-electron chi connectivity index (χ2n) is 7.51. The van der Waals surface area contributed by atoms with Crippen LogP contribution < -0.4 is 5.32 Å². The van der Waals surface area contributed by atoms with Gasteiger partial charge in [0.05, 0.1) is 6.54 Å². The molecule has 0 radical (unpaired) electrons. The third kappa shape index (κ3) is 4.45. The minimum atomic E-state index is -2.71. The molecule has 7 nitrogen and oxygen atoms in total. The Balaban J connectivity index is 1.53. The van der Waals surface area contributed by atoms with Gasteiger partial charge in [0.1, 0.15) is 5.76 Å². The van der Waals surface area contributed by atoms with E-state index in [1.807, 2.05) is 0 Å². The number of carbonyl (C=O) groups is 2. The fourth-order valence-corrected chi connectivity index (χ4v) is 3.63. The third-order valence-electron chi connectivity index (χ3n) is 5.31. The zero-order chi connectivity index (χ0) is 22.2. The van der Waals surface area contributed by atoms with E-state index in [1.165, 1.54) is 11.0 Å². The number of nitrogens with one attached hydrogen (secondary N) is 1. The lowest BCUT2D eigenvalue weighted by Gasteiger charge is -2.31. The van der Waals surface area contributed by atoms with Gasteiger partial charge in [-0.3, -0.25) is 4.79 Å². The summed E-state index contributed by atoms with van der Waals surface area (Å²) in [4.78, 5) is 24.6. The molecule has 0 aliphatic carbocycles. The molecule has 31 heavy (non-hydrogen) atoms. The molecular formula is C22H20F2N2O5. The lowest BCUT2D eigenvalue weighted by atomic mass is 10.0. The fourth-order valence-electron chi connectivity index (χ4n) is 3.63. The maximum absolute atomic E-state index is 13.3. The molecule has 0 bridgehead atoms. The number of carbonyl (C=O) groups excluding carboxylic acids is 1. The highest BCUT2D eigenvalue weighted by atomic mass is 19.3. The first-order chi connectivity index (χ1) is 14.7. The van der Waals surface area contributed by atoms with Crippen molar-refractivity contribution in [3.63, 3.8) is 0 Å². The van der Waals surface area contributed by atoms with Gasteiger partial charge in [0.2, 0.25) is 0 Å². The number of halogens is 2. The minimum Gasteiger partial charge on any atom is -0.504 e. The molecule has 1 fully saturated rings. The Morgan fingerprint density at radius 2 is 1.74 bits per heavy atom. The average Bonchev–Trinajstić information content (AvgIpc) is 3.16. The molecule has 1 aromatic heterocycles. The summed E-state index contributed by atoms with van der Waals surface area (Å²) in [5.74, 6) is -2.73. The van der Waals surface area contributed by atoms with E-state index in [0.717, 1.165) is 5.56 Å². The van der Waals surface area contributed by atoms with Crippen LogP contribution in [0.25, 0.3) is 22.1 Å².